The molecule has 0 aliphatic carbocycles. The Kier molecular flexibility index (Phi) is 6.73. The maximum atomic E-state index is 12.2. The number of anilines is 1. The largest absolute Gasteiger partial charge is 0.504 e. The Labute approximate surface area is 151 Å². The molecule has 26 heavy (non-hydrogen) atoms. The molecule has 0 bridgehead atoms. The maximum Gasteiger partial charge on any atom is 0.271 e. The lowest BCUT2D eigenvalue weighted by molar-refractivity contribution is -0.116. The monoisotopic (exact) mass is 355 g/mol. The molecule has 0 aliphatic rings. The summed E-state index contributed by atoms with van der Waals surface area (Å²) in [5.41, 5.74) is 3.69. The highest BCUT2D eigenvalue weighted by molar-refractivity contribution is 5.97. The van der Waals surface area contributed by atoms with Crippen molar-refractivity contribution in [3.63, 3.8) is 0 Å². The van der Waals surface area contributed by atoms with Crippen molar-refractivity contribution in [3.05, 3.63) is 53.6 Å². The molecule has 0 aromatic heterocycles. The van der Waals surface area contributed by atoms with Crippen LogP contribution in [0.25, 0.3) is 0 Å². The van der Waals surface area contributed by atoms with Gasteiger partial charge in [-0.15, -0.1) is 0 Å². The van der Waals surface area contributed by atoms with E-state index < -0.39 is 5.91 Å². The molecule has 0 aliphatic heterocycles. The Hall–Kier alpha value is -3.35. The molecule has 3 N–H and O–H groups in total. The van der Waals surface area contributed by atoms with Crippen LogP contribution in [-0.4, -0.2) is 30.2 Å². The maximum absolute atomic E-state index is 12.2. The Bertz CT molecular complexity index is 818. The van der Waals surface area contributed by atoms with Gasteiger partial charge in [-0.1, -0.05) is 19.1 Å². The number of carbonyl (C=O) groups is 2. The van der Waals surface area contributed by atoms with Crippen LogP contribution in [0.5, 0.6) is 11.5 Å². The molecule has 136 valence electrons. The summed E-state index contributed by atoms with van der Waals surface area (Å²) in [5, 5.41) is 16.5. The number of phenolic OH excluding ortho intramolecular Hbond substituents is 1. The van der Waals surface area contributed by atoms with Gasteiger partial charge in [0.2, 0.25) is 5.91 Å². The smallest absolute Gasteiger partial charge is 0.271 e. The topological polar surface area (TPSA) is 100 Å². The lowest BCUT2D eigenvalue weighted by Gasteiger charge is -2.07. The highest BCUT2D eigenvalue weighted by atomic mass is 16.5. The summed E-state index contributed by atoms with van der Waals surface area (Å²) >= 11 is 0. The Morgan fingerprint density at radius 2 is 2.00 bits per heavy atom. The van der Waals surface area contributed by atoms with Gasteiger partial charge < -0.3 is 15.2 Å². The predicted molar refractivity (Wildman–Crippen MR) is 99.7 cm³/mol. The van der Waals surface area contributed by atoms with Crippen LogP contribution in [-0.2, 0) is 4.79 Å². The van der Waals surface area contributed by atoms with E-state index in [1.165, 1.54) is 13.3 Å². The second kappa shape index (κ2) is 9.22. The lowest BCUT2D eigenvalue weighted by Crippen LogP contribution is -2.18. The number of benzene rings is 2. The fourth-order valence-electron chi connectivity index (χ4n) is 2.22. The van der Waals surface area contributed by atoms with Crippen LogP contribution in [0.15, 0.2) is 47.6 Å². The number of hydrogen-bond acceptors (Lipinski definition) is 5. The number of nitrogens with one attached hydrogen (secondary N) is 2. The van der Waals surface area contributed by atoms with Crippen LogP contribution in [0.4, 0.5) is 5.69 Å². The van der Waals surface area contributed by atoms with E-state index in [1.54, 1.807) is 42.5 Å². The van der Waals surface area contributed by atoms with E-state index in [4.69, 9.17) is 4.74 Å². The van der Waals surface area contributed by atoms with E-state index in [1.807, 2.05) is 6.92 Å². The highest BCUT2D eigenvalue weighted by Crippen LogP contribution is 2.27. The van der Waals surface area contributed by atoms with Crippen molar-refractivity contribution in [1.82, 2.24) is 5.43 Å². The number of ether oxygens (including phenoxy) is 1. The first-order chi connectivity index (χ1) is 12.5. The third-order valence-electron chi connectivity index (χ3n) is 3.51. The first-order valence-electron chi connectivity index (χ1n) is 8.14. The fraction of sp³-hybridized carbons (Fsp3) is 0.211. The first-order valence-corrected chi connectivity index (χ1v) is 8.14. The highest BCUT2D eigenvalue weighted by Gasteiger charge is 2.08. The average Bonchev–Trinajstić information content (AvgIpc) is 2.63. The van der Waals surface area contributed by atoms with Crippen molar-refractivity contribution in [2.24, 2.45) is 5.10 Å². The van der Waals surface area contributed by atoms with Gasteiger partial charge in [0.25, 0.3) is 5.91 Å². The number of carbonyl (C=O) groups excluding carboxylic acids is 2. The number of methoxy groups -OCH3 is 1. The summed E-state index contributed by atoms with van der Waals surface area (Å²) in [6.07, 6.45) is 2.49. The van der Waals surface area contributed by atoms with Gasteiger partial charge >= 0.3 is 0 Å². The number of aromatic hydroxyl groups is 1. The number of rotatable bonds is 7. The van der Waals surface area contributed by atoms with Gasteiger partial charge in [0.15, 0.2) is 11.5 Å². The second-order valence-corrected chi connectivity index (χ2v) is 5.48. The summed E-state index contributed by atoms with van der Waals surface area (Å²) in [7, 11) is 1.45. The van der Waals surface area contributed by atoms with Crippen molar-refractivity contribution in [1.29, 1.82) is 0 Å². The first kappa shape index (κ1) is 19.0. The van der Waals surface area contributed by atoms with Crippen molar-refractivity contribution in [2.45, 2.75) is 19.8 Å². The van der Waals surface area contributed by atoms with Gasteiger partial charge in [0.1, 0.15) is 0 Å². The van der Waals surface area contributed by atoms with Crippen LogP contribution in [0, 0.1) is 0 Å². The van der Waals surface area contributed by atoms with Gasteiger partial charge in [0.05, 0.1) is 13.3 Å². The van der Waals surface area contributed by atoms with E-state index in [-0.39, 0.29) is 11.7 Å². The summed E-state index contributed by atoms with van der Waals surface area (Å²) in [6.45, 7) is 1.92. The van der Waals surface area contributed by atoms with Crippen LogP contribution in [0.3, 0.4) is 0 Å². The van der Waals surface area contributed by atoms with E-state index in [0.29, 0.717) is 29.0 Å². The van der Waals surface area contributed by atoms with Crippen LogP contribution >= 0.6 is 0 Å². The molecule has 0 heterocycles. The van der Waals surface area contributed by atoms with Gasteiger partial charge in [-0.3, -0.25) is 9.59 Å². The number of para-hydroxylation sites is 1. The number of phenols is 1. The standard InChI is InChI=1S/C19H21N3O4/c1-3-6-17(23)21-15-9-4-7-13(11-15)19(25)22-20-12-14-8-5-10-16(26-2)18(14)24/h4-5,7-12,24H,3,6H2,1-2H3,(H,21,23)(H,22,25)/b20-12+. The minimum absolute atomic E-state index is 0.0615. The SMILES string of the molecule is CCCC(=O)Nc1cccc(C(=O)N/N=C/c2cccc(OC)c2O)c1. The third kappa shape index (κ3) is 5.07. The molecule has 0 spiro atoms. The summed E-state index contributed by atoms with van der Waals surface area (Å²) in [6, 6.07) is 11.5. The number of hydrazone groups is 1. The fourth-order valence-corrected chi connectivity index (χ4v) is 2.22. The van der Waals surface area contributed by atoms with E-state index in [2.05, 4.69) is 15.8 Å². The molecule has 7 nitrogen and oxygen atoms in total. The molecule has 2 aromatic carbocycles. The molecule has 2 aromatic rings. The van der Waals surface area contributed by atoms with Crippen molar-refractivity contribution < 1.29 is 19.4 Å². The molecule has 2 amide bonds. The molecular weight excluding hydrogens is 334 g/mol. The Balaban J connectivity index is 2.03. The van der Waals surface area contributed by atoms with Crippen LogP contribution in [0.1, 0.15) is 35.7 Å². The van der Waals surface area contributed by atoms with Crippen LogP contribution < -0.4 is 15.5 Å². The molecule has 0 unspecified atom stereocenters. The quantitative estimate of drug-likeness (QED) is 0.525. The van der Waals surface area contributed by atoms with E-state index in [0.717, 1.165) is 6.42 Å². The third-order valence-corrected chi connectivity index (χ3v) is 3.51. The molecule has 7 heteroatoms. The normalized spacial score (nSPS) is 10.5. The zero-order valence-electron chi connectivity index (χ0n) is 14.7. The van der Waals surface area contributed by atoms with Gasteiger partial charge in [0, 0.05) is 23.2 Å². The van der Waals surface area contributed by atoms with Gasteiger partial charge in [-0.25, -0.2) is 5.43 Å². The van der Waals surface area contributed by atoms with Gasteiger partial charge in [-0.05, 0) is 36.8 Å². The summed E-state index contributed by atoms with van der Waals surface area (Å²) in [5.74, 6) is -0.281. The summed E-state index contributed by atoms with van der Waals surface area (Å²) < 4.78 is 5.01. The predicted octanol–water partition coefficient (Wildman–Crippen LogP) is 2.90. The minimum atomic E-state index is -0.435. The van der Waals surface area contributed by atoms with Crippen molar-refractivity contribution in [2.75, 3.05) is 12.4 Å². The van der Waals surface area contributed by atoms with Gasteiger partial charge in [-0.2, -0.15) is 5.10 Å². The zero-order chi connectivity index (χ0) is 18.9. The molecule has 0 fully saturated rings. The summed E-state index contributed by atoms with van der Waals surface area (Å²) in [4.78, 5) is 23.8. The molecule has 0 saturated heterocycles. The minimum Gasteiger partial charge on any atom is -0.504 e. The number of nitrogens with zero attached hydrogens (tertiary/aromatic N) is 1. The lowest BCUT2D eigenvalue weighted by atomic mass is 10.2. The number of hydrogen-bond donors (Lipinski definition) is 3. The van der Waals surface area contributed by atoms with E-state index in [9.17, 15) is 14.7 Å². The second-order valence-electron chi connectivity index (χ2n) is 5.48. The zero-order valence-corrected chi connectivity index (χ0v) is 14.7. The van der Waals surface area contributed by atoms with Crippen molar-refractivity contribution in [3.8, 4) is 11.5 Å². The number of amides is 2. The Morgan fingerprint density at radius 1 is 1.23 bits per heavy atom. The average molecular weight is 355 g/mol. The molecular formula is C19H21N3O4. The molecule has 0 radical (unpaired) electrons. The van der Waals surface area contributed by atoms with E-state index >= 15 is 0 Å². The van der Waals surface area contributed by atoms with Crippen LogP contribution in [0.2, 0.25) is 0 Å². The molecule has 2 rings (SSSR count). The Morgan fingerprint density at radius 3 is 2.73 bits per heavy atom. The molecule has 0 saturated carbocycles. The van der Waals surface area contributed by atoms with Crippen molar-refractivity contribution >= 4 is 23.7 Å². The molecule has 0 atom stereocenters.